The molecule has 0 fully saturated rings. The van der Waals surface area contributed by atoms with Gasteiger partial charge in [-0.25, -0.2) is 4.79 Å². The molecular weight excluding hydrogens is 356 g/mol. The van der Waals surface area contributed by atoms with Crippen molar-refractivity contribution < 1.29 is 14.3 Å². The van der Waals surface area contributed by atoms with E-state index in [4.69, 9.17) is 4.74 Å². The highest BCUT2D eigenvalue weighted by Gasteiger charge is 2.31. The summed E-state index contributed by atoms with van der Waals surface area (Å²) < 4.78 is 7.22. The molecule has 150 valence electrons. The number of carbonyl (C=O) groups is 2. The van der Waals surface area contributed by atoms with Crippen molar-refractivity contribution in [3.05, 3.63) is 46.8 Å². The van der Waals surface area contributed by atoms with Gasteiger partial charge in [0, 0.05) is 37.0 Å². The Morgan fingerprint density at radius 2 is 1.96 bits per heavy atom. The van der Waals surface area contributed by atoms with E-state index in [0.717, 1.165) is 28.9 Å². The average Bonchev–Trinajstić information content (AvgIpc) is 2.97. The highest BCUT2D eigenvalue weighted by Crippen LogP contribution is 2.25. The van der Waals surface area contributed by atoms with Crippen LogP contribution in [0.15, 0.2) is 24.3 Å². The zero-order valence-electron chi connectivity index (χ0n) is 17.2. The molecule has 0 radical (unpaired) electrons. The van der Waals surface area contributed by atoms with Crippen molar-refractivity contribution in [2.24, 2.45) is 7.05 Å². The first-order valence-electron chi connectivity index (χ1n) is 9.61. The van der Waals surface area contributed by atoms with Gasteiger partial charge in [0.1, 0.15) is 5.60 Å². The third-order valence-electron chi connectivity index (χ3n) is 4.76. The Hall–Kier alpha value is -2.83. The minimum absolute atomic E-state index is 0.260. The molecule has 1 aliphatic heterocycles. The number of nitrogens with zero attached hydrogens (tertiary/aromatic N) is 3. The maximum atomic E-state index is 13.0. The molecule has 1 aromatic heterocycles. The lowest BCUT2D eigenvalue weighted by molar-refractivity contribution is 0.0222. The molecule has 0 bridgehead atoms. The Morgan fingerprint density at radius 3 is 2.64 bits per heavy atom. The van der Waals surface area contributed by atoms with Crippen molar-refractivity contribution >= 4 is 17.7 Å². The topological polar surface area (TPSA) is 76.5 Å². The maximum absolute atomic E-state index is 13.0. The first kappa shape index (κ1) is 19.9. The van der Waals surface area contributed by atoms with E-state index >= 15 is 0 Å². The predicted octanol–water partition coefficient (Wildman–Crippen LogP) is 3.53. The van der Waals surface area contributed by atoms with Crippen molar-refractivity contribution in [2.45, 2.75) is 52.7 Å². The normalized spacial score (nSPS) is 13.8. The molecule has 28 heavy (non-hydrogen) atoms. The second kappa shape index (κ2) is 7.66. The average molecular weight is 384 g/mol. The largest absolute Gasteiger partial charge is 0.444 e. The van der Waals surface area contributed by atoms with Gasteiger partial charge in [-0.2, -0.15) is 5.10 Å². The van der Waals surface area contributed by atoms with Crippen LogP contribution in [0.25, 0.3) is 0 Å². The molecule has 1 aliphatic rings. The molecule has 3 rings (SSSR count). The van der Waals surface area contributed by atoms with Crippen LogP contribution >= 0.6 is 0 Å². The zero-order valence-corrected chi connectivity index (χ0v) is 17.2. The van der Waals surface area contributed by atoms with Crippen LogP contribution in [-0.2, 0) is 31.2 Å². The number of rotatable bonds is 3. The number of hydrogen-bond acceptors (Lipinski definition) is 4. The number of amides is 2. The molecule has 0 spiro atoms. The van der Waals surface area contributed by atoms with E-state index in [9.17, 15) is 9.59 Å². The van der Waals surface area contributed by atoms with Gasteiger partial charge in [-0.1, -0.05) is 25.1 Å². The van der Waals surface area contributed by atoms with Crippen LogP contribution in [0.3, 0.4) is 0 Å². The van der Waals surface area contributed by atoms with Crippen LogP contribution in [0, 0.1) is 0 Å². The SMILES string of the molecule is CCc1ccccc1NC(=O)c1nn(C)c2c1CN(C(=O)OC(C)(C)C)CC2. The van der Waals surface area contributed by atoms with Crippen LogP contribution in [-0.4, -0.2) is 38.8 Å². The standard InChI is InChI=1S/C21H28N4O3/c1-6-14-9-7-8-10-16(14)22-19(26)18-15-13-25(20(27)28-21(2,3)4)12-11-17(15)24(5)23-18/h7-10H,6,11-13H2,1-5H3,(H,22,26). The molecule has 1 aromatic carbocycles. The number of anilines is 1. The number of para-hydroxylation sites is 1. The highest BCUT2D eigenvalue weighted by molar-refractivity contribution is 6.04. The van der Waals surface area contributed by atoms with Gasteiger partial charge in [0.2, 0.25) is 0 Å². The number of fused-ring (bicyclic) bond motifs is 1. The molecule has 2 aromatic rings. The Kier molecular flexibility index (Phi) is 5.45. The van der Waals surface area contributed by atoms with E-state index in [1.165, 1.54) is 0 Å². The van der Waals surface area contributed by atoms with E-state index in [-0.39, 0.29) is 12.0 Å². The number of hydrogen-bond donors (Lipinski definition) is 1. The predicted molar refractivity (Wildman–Crippen MR) is 107 cm³/mol. The number of aryl methyl sites for hydroxylation is 2. The van der Waals surface area contributed by atoms with Crippen LogP contribution in [0.2, 0.25) is 0 Å². The molecule has 2 amide bonds. The molecular formula is C21H28N4O3. The van der Waals surface area contributed by atoms with Gasteiger partial charge in [0.15, 0.2) is 5.69 Å². The summed E-state index contributed by atoms with van der Waals surface area (Å²) in [5, 5.41) is 7.41. The molecule has 0 aliphatic carbocycles. The zero-order chi connectivity index (χ0) is 20.5. The lowest BCUT2D eigenvalue weighted by Crippen LogP contribution is -2.40. The number of benzene rings is 1. The van der Waals surface area contributed by atoms with Gasteiger partial charge in [-0.3, -0.25) is 9.48 Å². The lowest BCUT2D eigenvalue weighted by Gasteiger charge is -2.30. The third-order valence-corrected chi connectivity index (χ3v) is 4.76. The van der Waals surface area contributed by atoms with Crippen molar-refractivity contribution in [1.82, 2.24) is 14.7 Å². The fraction of sp³-hybridized carbons (Fsp3) is 0.476. The highest BCUT2D eigenvalue weighted by atomic mass is 16.6. The van der Waals surface area contributed by atoms with Gasteiger partial charge >= 0.3 is 6.09 Å². The molecule has 1 N–H and O–H groups in total. The Bertz CT molecular complexity index is 896. The minimum atomic E-state index is -0.559. The molecule has 2 heterocycles. The first-order valence-corrected chi connectivity index (χ1v) is 9.61. The smallest absolute Gasteiger partial charge is 0.410 e. The fourth-order valence-corrected chi connectivity index (χ4v) is 3.39. The van der Waals surface area contributed by atoms with Gasteiger partial charge in [-0.15, -0.1) is 0 Å². The Labute approximate surface area is 165 Å². The summed E-state index contributed by atoms with van der Waals surface area (Å²) in [4.78, 5) is 27.0. The first-order chi connectivity index (χ1) is 13.2. The van der Waals surface area contributed by atoms with Gasteiger partial charge < -0.3 is 15.0 Å². The van der Waals surface area contributed by atoms with Crippen LogP contribution in [0.5, 0.6) is 0 Å². The molecule has 7 nitrogen and oxygen atoms in total. The summed E-state index contributed by atoms with van der Waals surface area (Å²) in [5.41, 5.74) is 3.41. The van der Waals surface area contributed by atoms with Crippen LogP contribution in [0.4, 0.5) is 10.5 Å². The quantitative estimate of drug-likeness (QED) is 0.878. The van der Waals surface area contributed by atoms with E-state index < -0.39 is 5.60 Å². The van der Waals surface area contributed by atoms with E-state index in [1.807, 2.05) is 59.0 Å². The summed E-state index contributed by atoms with van der Waals surface area (Å²) in [6, 6.07) is 7.73. The molecule has 0 atom stereocenters. The maximum Gasteiger partial charge on any atom is 0.410 e. The molecule has 0 saturated heterocycles. The lowest BCUT2D eigenvalue weighted by atomic mass is 10.0. The Morgan fingerprint density at radius 1 is 1.25 bits per heavy atom. The van der Waals surface area contributed by atoms with Gasteiger partial charge in [0.05, 0.1) is 6.54 Å². The molecule has 0 unspecified atom stereocenters. The van der Waals surface area contributed by atoms with Crippen LogP contribution in [0.1, 0.15) is 55.0 Å². The molecule has 7 heteroatoms. The Balaban J connectivity index is 1.83. The van der Waals surface area contributed by atoms with Crippen molar-refractivity contribution in [3.8, 4) is 0 Å². The van der Waals surface area contributed by atoms with Crippen molar-refractivity contribution in [1.29, 1.82) is 0 Å². The fourth-order valence-electron chi connectivity index (χ4n) is 3.39. The second-order valence-electron chi connectivity index (χ2n) is 8.01. The van der Waals surface area contributed by atoms with E-state index in [0.29, 0.717) is 25.2 Å². The summed E-state index contributed by atoms with van der Waals surface area (Å²) in [6.45, 7) is 8.43. The summed E-state index contributed by atoms with van der Waals surface area (Å²) in [6.07, 6.45) is 1.09. The third kappa shape index (κ3) is 4.18. The van der Waals surface area contributed by atoms with Crippen molar-refractivity contribution in [2.75, 3.05) is 11.9 Å². The number of nitrogens with one attached hydrogen (secondary N) is 1. The second-order valence-corrected chi connectivity index (χ2v) is 8.01. The van der Waals surface area contributed by atoms with E-state index in [1.54, 1.807) is 9.58 Å². The van der Waals surface area contributed by atoms with Gasteiger partial charge in [-0.05, 0) is 38.8 Å². The van der Waals surface area contributed by atoms with Gasteiger partial charge in [0.25, 0.3) is 5.91 Å². The van der Waals surface area contributed by atoms with Crippen molar-refractivity contribution in [3.63, 3.8) is 0 Å². The minimum Gasteiger partial charge on any atom is -0.444 e. The number of ether oxygens (including phenoxy) is 1. The summed E-state index contributed by atoms with van der Waals surface area (Å²) in [7, 11) is 1.83. The summed E-state index contributed by atoms with van der Waals surface area (Å²) >= 11 is 0. The van der Waals surface area contributed by atoms with E-state index in [2.05, 4.69) is 10.4 Å². The molecule has 0 saturated carbocycles. The number of carbonyl (C=O) groups excluding carboxylic acids is 2. The number of aromatic nitrogens is 2. The van der Waals surface area contributed by atoms with Crippen LogP contribution < -0.4 is 5.32 Å². The summed E-state index contributed by atoms with van der Waals surface area (Å²) in [5.74, 6) is -0.260. The monoisotopic (exact) mass is 384 g/mol.